The molecule has 134 valence electrons. The maximum Gasteiger partial charge on any atom is 0.262 e. The molecule has 0 aliphatic heterocycles. The second kappa shape index (κ2) is 8.81. The van der Waals surface area contributed by atoms with Crippen LogP contribution in [0.25, 0.3) is 0 Å². The molecule has 0 radical (unpaired) electrons. The standard InChI is InChI=1S/C20H26N2O2S/c1-5-15-8-10-16(11-9-15)13-22(4)20(24)18(14(2)3)21-19(23)17-7-6-12-25-17/h6-12,14,18H,5,13H2,1-4H3,(H,21,23). The van der Waals surface area contributed by atoms with Gasteiger partial charge in [-0.05, 0) is 34.9 Å². The zero-order valence-electron chi connectivity index (χ0n) is 15.3. The second-order valence-corrected chi connectivity index (χ2v) is 7.48. The third kappa shape index (κ3) is 5.16. The summed E-state index contributed by atoms with van der Waals surface area (Å²) in [5, 5.41) is 4.74. The molecule has 4 nitrogen and oxygen atoms in total. The van der Waals surface area contributed by atoms with E-state index in [1.54, 1.807) is 18.0 Å². The van der Waals surface area contributed by atoms with Gasteiger partial charge >= 0.3 is 0 Å². The number of hydrogen-bond acceptors (Lipinski definition) is 3. The Balaban J connectivity index is 2.03. The van der Waals surface area contributed by atoms with Gasteiger partial charge < -0.3 is 10.2 Å². The SMILES string of the molecule is CCc1ccc(CN(C)C(=O)C(NC(=O)c2cccs2)C(C)C)cc1. The lowest BCUT2D eigenvalue weighted by Crippen LogP contribution is -2.49. The fourth-order valence-corrected chi connectivity index (χ4v) is 3.23. The van der Waals surface area contributed by atoms with Crippen LogP contribution >= 0.6 is 11.3 Å². The van der Waals surface area contributed by atoms with Gasteiger partial charge in [0.25, 0.3) is 5.91 Å². The van der Waals surface area contributed by atoms with Crippen molar-refractivity contribution in [2.24, 2.45) is 5.92 Å². The van der Waals surface area contributed by atoms with Crippen LogP contribution in [-0.4, -0.2) is 29.8 Å². The highest BCUT2D eigenvalue weighted by Gasteiger charge is 2.27. The predicted molar refractivity (Wildman–Crippen MR) is 103 cm³/mol. The number of carbonyl (C=O) groups excluding carboxylic acids is 2. The highest BCUT2D eigenvalue weighted by Crippen LogP contribution is 2.13. The first-order valence-corrected chi connectivity index (χ1v) is 9.47. The van der Waals surface area contributed by atoms with Crippen LogP contribution in [0.15, 0.2) is 41.8 Å². The van der Waals surface area contributed by atoms with Crippen LogP contribution in [0.5, 0.6) is 0 Å². The second-order valence-electron chi connectivity index (χ2n) is 6.54. The fourth-order valence-electron chi connectivity index (χ4n) is 2.60. The summed E-state index contributed by atoms with van der Waals surface area (Å²) >= 11 is 1.37. The zero-order valence-corrected chi connectivity index (χ0v) is 16.1. The number of nitrogens with zero attached hydrogens (tertiary/aromatic N) is 1. The minimum absolute atomic E-state index is 0.0151. The van der Waals surface area contributed by atoms with Crippen LogP contribution in [0.2, 0.25) is 0 Å². The van der Waals surface area contributed by atoms with Gasteiger partial charge in [0.2, 0.25) is 5.91 Å². The smallest absolute Gasteiger partial charge is 0.262 e. The number of aryl methyl sites for hydroxylation is 1. The Morgan fingerprint density at radius 1 is 1.12 bits per heavy atom. The van der Waals surface area contributed by atoms with Crippen molar-refractivity contribution >= 4 is 23.2 Å². The van der Waals surface area contributed by atoms with E-state index in [1.807, 2.05) is 25.3 Å². The molecule has 5 heteroatoms. The molecule has 2 aromatic rings. The molecule has 0 aliphatic carbocycles. The van der Waals surface area contributed by atoms with Crippen molar-refractivity contribution < 1.29 is 9.59 Å². The number of hydrogen-bond donors (Lipinski definition) is 1. The van der Waals surface area contributed by atoms with Crippen molar-refractivity contribution in [3.63, 3.8) is 0 Å². The minimum Gasteiger partial charge on any atom is -0.340 e. The lowest BCUT2D eigenvalue weighted by molar-refractivity contribution is -0.133. The summed E-state index contributed by atoms with van der Waals surface area (Å²) in [7, 11) is 1.78. The van der Waals surface area contributed by atoms with Gasteiger partial charge in [-0.1, -0.05) is 51.1 Å². The van der Waals surface area contributed by atoms with E-state index in [9.17, 15) is 9.59 Å². The van der Waals surface area contributed by atoms with Crippen LogP contribution in [0.3, 0.4) is 0 Å². The molecule has 1 heterocycles. The van der Waals surface area contributed by atoms with Gasteiger partial charge in [0, 0.05) is 13.6 Å². The maximum absolute atomic E-state index is 12.8. The van der Waals surface area contributed by atoms with E-state index in [4.69, 9.17) is 0 Å². The molecule has 25 heavy (non-hydrogen) atoms. The molecular weight excluding hydrogens is 332 g/mol. The summed E-state index contributed by atoms with van der Waals surface area (Å²) in [5.41, 5.74) is 2.36. The number of benzene rings is 1. The molecule has 0 spiro atoms. The van der Waals surface area contributed by atoms with Gasteiger partial charge in [0.1, 0.15) is 6.04 Å². The first-order valence-electron chi connectivity index (χ1n) is 8.59. The van der Waals surface area contributed by atoms with Crippen LogP contribution in [-0.2, 0) is 17.8 Å². The van der Waals surface area contributed by atoms with E-state index >= 15 is 0 Å². The quantitative estimate of drug-likeness (QED) is 0.820. The van der Waals surface area contributed by atoms with Crippen molar-refractivity contribution in [1.82, 2.24) is 10.2 Å². The number of carbonyl (C=O) groups is 2. The molecule has 1 unspecified atom stereocenters. The molecule has 2 amide bonds. The maximum atomic E-state index is 12.8. The van der Waals surface area contributed by atoms with Gasteiger partial charge in [0.15, 0.2) is 0 Å². The molecule has 0 saturated carbocycles. The Kier molecular flexibility index (Phi) is 6.76. The first-order chi connectivity index (χ1) is 11.9. The van der Waals surface area contributed by atoms with Gasteiger partial charge in [-0.2, -0.15) is 0 Å². The van der Waals surface area contributed by atoms with Crippen molar-refractivity contribution in [3.05, 3.63) is 57.8 Å². The van der Waals surface area contributed by atoms with Gasteiger partial charge in [-0.25, -0.2) is 0 Å². The summed E-state index contributed by atoms with van der Waals surface area (Å²) < 4.78 is 0. The molecule has 1 aromatic heterocycles. The zero-order chi connectivity index (χ0) is 18.4. The average Bonchev–Trinajstić information content (AvgIpc) is 3.14. The van der Waals surface area contributed by atoms with Crippen molar-refractivity contribution in [3.8, 4) is 0 Å². The molecule has 0 bridgehead atoms. The number of rotatable bonds is 7. The van der Waals surface area contributed by atoms with E-state index in [-0.39, 0.29) is 17.7 Å². The topological polar surface area (TPSA) is 49.4 Å². The van der Waals surface area contributed by atoms with Crippen LogP contribution < -0.4 is 5.32 Å². The highest BCUT2D eigenvalue weighted by molar-refractivity contribution is 7.12. The van der Waals surface area contributed by atoms with Gasteiger partial charge in [0.05, 0.1) is 4.88 Å². The number of likely N-dealkylation sites (N-methyl/N-ethyl adjacent to an activating group) is 1. The Bertz CT molecular complexity index is 693. The van der Waals surface area contributed by atoms with E-state index in [0.717, 1.165) is 12.0 Å². The van der Waals surface area contributed by atoms with E-state index in [1.165, 1.54) is 16.9 Å². The fraction of sp³-hybridized carbons (Fsp3) is 0.400. The van der Waals surface area contributed by atoms with E-state index in [0.29, 0.717) is 11.4 Å². The van der Waals surface area contributed by atoms with Crippen LogP contribution in [0, 0.1) is 5.92 Å². The van der Waals surface area contributed by atoms with Crippen molar-refractivity contribution in [1.29, 1.82) is 0 Å². The lowest BCUT2D eigenvalue weighted by atomic mass is 10.0. The molecule has 0 fully saturated rings. The molecule has 1 atom stereocenters. The Labute approximate surface area is 153 Å². The van der Waals surface area contributed by atoms with Crippen LogP contribution in [0.4, 0.5) is 0 Å². The molecule has 1 aromatic carbocycles. The largest absolute Gasteiger partial charge is 0.340 e. The Morgan fingerprint density at radius 2 is 1.76 bits per heavy atom. The van der Waals surface area contributed by atoms with Gasteiger partial charge in [-0.3, -0.25) is 9.59 Å². The summed E-state index contributed by atoms with van der Waals surface area (Å²) in [6, 6.07) is 11.3. The third-order valence-corrected chi connectivity index (χ3v) is 5.06. The molecule has 2 rings (SSSR count). The summed E-state index contributed by atoms with van der Waals surface area (Å²) in [6.07, 6.45) is 0.999. The highest BCUT2D eigenvalue weighted by atomic mass is 32.1. The molecule has 0 aliphatic rings. The van der Waals surface area contributed by atoms with Gasteiger partial charge in [-0.15, -0.1) is 11.3 Å². The summed E-state index contributed by atoms with van der Waals surface area (Å²) in [5.74, 6) is -0.247. The molecular formula is C20H26N2O2S. The van der Waals surface area contributed by atoms with E-state index in [2.05, 4.69) is 36.5 Å². The van der Waals surface area contributed by atoms with E-state index < -0.39 is 6.04 Å². The lowest BCUT2D eigenvalue weighted by Gasteiger charge is -2.27. The molecule has 0 saturated heterocycles. The number of amides is 2. The van der Waals surface area contributed by atoms with Crippen molar-refractivity contribution in [2.45, 2.75) is 39.8 Å². The minimum atomic E-state index is -0.533. The molecule has 1 N–H and O–H groups in total. The Hall–Kier alpha value is -2.14. The summed E-state index contributed by atoms with van der Waals surface area (Å²) in [4.78, 5) is 27.4. The third-order valence-electron chi connectivity index (χ3n) is 4.19. The normalized spacial score (nSPS) is 12.0. The Morgan fingerprint density at radius 3 is 2.28 bits per heavy atom. The number of thiophene rings is 1. The average molecular weight is 359 g/mol. The first kappa shape index (κ1) is 19.2. The predicted octanol–water partition coefficient (Wildman–Crippen LogP) is 3.72. The monoisotopic (exact) mass is 358 g/mol. The summed E-state index contributed by atoms with van der Waals surface area (Å²) in [6.45, 7) is 6.54. The van der Waals surface area contributed by atoms with Crippen molar-refractivity contribution in [2.75, 3.05) is 7.05 Å². The van der Waals surface area contributed by atoms with Crippen LogP contribution in [0.1, 0.15) is 41.6 Å². The number of nitrogens with one attached hydrogen (secondary N) is 1.